The number of aryl methyl sites for hydroxylation is 2. The molecule has 0 aliphatic heterocycles. The van der Waals surface area contributed by atoms with Crippen molar-refractivity contribution < 1.29 is 0 Å². The Labute approximate surface area is 114 Å². The summed E-state index contributed by atoms with van der Waals surface area (Å²) in [5, 5.41) is 9.25. The van der Waals surface area contributed by atoms with Gasteiger partial charge < -0.3 is 5.32 Å². The van der Waals surface area contributed by atoms with Crippen molar-refractivity contribution in [3.8, 4) is 0 Å². The molecule has 0 bridgehead atoms. The molecule has 0 atom stereocenters. The van der Waals surface area contributed by atoms with Crippen LogP contribution in [0, 0.1) is 6.92 Å². The second-order valence-electron chi connectivity index (χ2n) is 5.64. The summed E-state index contributed by atoms with van der Waals surface area (Å²) >= 11 is 0. The van der Waals surface area contributed by atoms with E-state index in [-0.39, 0.29) is 0 Å². The van der Waals surface area contributed by atoms with Gasteiger partial charge in [-0.1, -0.05) is 19.3 Å². The summed E-state index contributed by atoms with van der Waals surface area (Å²) in [7, 11) is 1.95. The first kappa shape index (κ1) is 12.6. The molecule has 4 nitrogen and oxygen atoms in total. The Bertz CT molecular complexity index is 567. The Balaban J connectivity index is 1.72. The Morgan fingerprint density at radius 2 is 2.11 bits per heavy atom. The van der Waals surface area contributed by atoms with Crippen LogP contribution in [0.2, 0.25) is 0 Å². The molecule has 0 amide bonds. The van der Waals surface area contributed by atoms with Crippen LogP contribution in [0.5, 0.6) is 0 Å². The van der Waals surface area contributed by atoms with E-state index in [1.165, 1.54) is 43.1 Å². The predicted octanol–water partition coefficient (Wildman–Crippen LogP) is 2.70. The van der Waals surface area contributed by atoms with Crippen LogP contribution in [-0.4, -0.2) is 20.8 Å². The first-order chi connectivity index (χ1) is 9.24. The molecule has 2 heterocycles. The summed E-state index contributed by atoms with van der Waals surface area (Å²) in [6, 6.07) is 2.92. The Hall–Kier alpha value is -1.42. The van der Waals surface area contributed by atoms with E-state index in [0.29, 0.717) is 6.04 Å². The summed E-state index contributed by atoms with van der Waals surface area (Å²) in [6.07, 6.45) is 8.76. The smallest absolute Gasteiger partial charge is 0.157 e. The van der Waals surface area contributed by atoms with Crippen molar-refractivity contribution in [3.05, 3.63) is 23.5 Å². The third kappa shape index (κ3) is 2.63. The van der Waals surface area contributed by atoms with Crippen molar-refractivity contribution in [1.29, 1.82) is 0 Å². The highest BCUT2D eigenvalue weighted by Crippen LogP contribution is 2.19. The molecule has 2 aromatic rings. The molecule has 1 N–H and O–H groups in total. The maximum atomic E-state index is 4.53. The molecule has 0 unspecified atom stereocenters. The maximum absolute atomic E-state index is 4.53. The molecule has 1 saturated carbocycles. The minimum Gasteiger partial charge on any atom is -0.310 e. The summed E-state index contributed by atoms with van der Waals surface area (Å²) in [6.45, 7) is 2.96. The fourth-order valence-electron chi connectivity index (χ4n) is 3.02. The zero-order chi connectivity index (χ0) is 13.2. The third-order valence-electron chi connectivity index (χ3n) is 4.12. The van der Waals surface area contributed by atoms with Crippen LogP contribution >= 0.6 is 0 Å². The first-order valence-corrected chi connectivity index (χ1v) is 7.25. The molecule has 0 spiro atoms. The van der Waals surface area contributed by atoms with E-state index in [1.54, 1.807) is 0 Å². The Kier molecular flexibility index (Phi) is 3.51. The number of aromatic nitrogens is 3. The molecule has 1 aliphatic rings. The highest BCUT2D eigenvalue weighted by Gasteiger charge is 2.13. The fraction of sp³-hybridized carbons (Fsp3) is 0.600. The van der Waals surface area contributed by atoms with E-state index in [4.69, 9.17) is 0 Å². The van der Waals surface area contributed by atoms with E-state index < -0.39 is 0 Å². The zero-order valence-corrected chi connectivity index (χ0v) is 11.8. The molecule has 0 aromatic carbocycles. The lowest BCUT2D eigenvalue weighted by molar-refractivity contribution is 0.372. The van der Waals surface area contributed by atoms with Gasteiger partial charge in [0.1, 0.15) is 0 Å². The minimum atomic E-state index is 0.694. The van der Waals surface area contributed by atoms with Gasteiger partial charge in [0, 0.05) is 31.2 Å². The number of hydrogen-bond donors (Lipinski definition) is 1. The molecular weight excluding hydrogens is 236 g/mol. The summed E-state index contributed by atoms with van der Waals surface area (Å²) in [4.78, 5) is 4.53. The molecule has 0 radical (unpaired) electrons. The molecule has 4 heteroatoms. The average molecular weight is 258 g/mol. The van der Waals surface area contributed by atoms with Crippen molar-refractivity contribution in [2.24, 2.45) is 7.05 Å². The van der Waals surface area contributed by atoms with Crippen LogP contribution in [-0.2, 0) is 13.6 Å². The van der Waals surface area contributed by atoms with Crippen LogP contribution in [0.4, 0.5) is 0 Å². The molecule has 19 heavy (non-hydrogen) atoms. The lowest BCUT2D eigenvalue weighted by Gasteiger charge is -2.22. The highest BCUT2D eigenvalue weighted by atomic mass is 15.3. The molecular formula is C15H22N4. The van der Waals surface area contributed by atoms with Crippen molar-refractivity contribution in [2.45, 2.75) is 51.6 Å². The third-order valence-corrected chi connectivity index (χ3v) is 4.12. The van der Waals surface area contributed by atoms with E-state index in [1.807, 2.05) is 24.9 Å². The summed E-state index contributed by atoms with van der Waals surface area (Å²) < 4.78 is 1.85. The van der Waals surface area contributed by atoms with Crippen LogP contribution in [0.15, 0.2) is 12.3 Å². The van der Waals surface area contributed by atoms with Crippen LogP contribution in [0.25, 0.3) is 11.0 Å². The number of pyridine rings is 1. The van der Waals surface area contributed by atoms with Gasteiger partial charge in [-0.15, -0.1) is 0 Å². The zero-order valence-electron chi connectivity index (χ0n) is 11.8. The predicted molar refractivity (Wildman–Crippen MR) is 77.0 cm³/mol. The average Bonchev–Trinajstić information content (AvgIpc) is 2.73. The lowest BCUT2D eigenvalue weighted by atomic mass is 9.95. The van der Waals surface area contributed by atoms with Gasteiger partial charge in [-0.25, -0.2) is 4.98 Å². The van der Waals surface area contributed by atoms with Crippen molar-refractivity contribution >= 4 is 11.0 Å². The summed E-state index contributed by atoms with van der Waals surface area (Å²) in [5.74, 6) is 0. The molecule has 0 saturated heterocycles. The van der Waals surface area contributed by atoms with E-state index in [0.717, 1.165) is 17.9 Å². The lowest BCUT2D eigenvalue weighted by Crippen LogP contribution is -2.30. The number of nitrogens with one attached hydrogen (secondary N) is 1. The standard InChI is InChI=1S/C15H22N4/c1-11-14-8-12(10-17-15(14)19(2)18-11)9-16-13-6-4-3-5-7-13/h8,10,13,16H,3-7,9H2,1-2H3. The number of fused-ring (bicyclic) bond motifs is 1. The Morgan fingerprint density at radius 3 is 2.89 bits per heavy atom. The van der Waals surface area contributed by atoms with Crippen molar-refractivity contribution in [1.82, 2.24) is 20.1 Å². The topological polar surface area (TPSA) is 42.7 Å². The monoisotopic (exact) mass is 258 g/mol. The Morgan fingerprint density at radius 1 is 1.32 bits per heavy atom. The van der Waals surface area contributed by atoms with Gasteiger partial charge in [0.05, 0.1) is 5.69 Å². The van der Waals surface area contributed by atoms with Gasteiger partial charge in [0.2, 0.25) is 0 Å². The number of nitrogens with zero attached hydrogens (tertiary/aromatic N) is 3. The molecule has 1 fully saturated rings. The fourth-order valence-corrected chi connectivity index (χ4v) is 3.02. The second kappa shape index (κ2) is 5.29. The molecule has 102 valence electrons. The molecule has 3 rings (SSSR count). The van der Waals surface area contributed by atoms with Gasteiger partial charge in [-0.05, 0) is 31.4 Å². The highest BCUT2D eigenvalue weighted by molar-refractivity contribution is 5.78. The molecule has 2 aromatic heterocycles. The molecule has 1 aliphatic carbocycles. The van der Waals surface area contributed by atoms with E-state index in [2.05, 4.69) is 21.5 Å². The van der Waals surface area contributed by atoms with Crippen LogP contribution in [0.3, 0.4) is 0 Å². The van der Waals surface area contributed by atoms with E-state index >= 15 is 0 Å². The van der Waals surface area contributed by atoms with Gasteiger partial charge in [0.25, 0.3) is 0 Å². The van der Waals surface area contributed by atoms with Crippen molar-refractivity contribution in [3.63, 3.8) is 0 Å². The number of hydrogen-bond acceptors (Lipinski definition) is 3. The normalized spacial score (nSPS) is 17.2. The quantitative estimate of drug-likeness (QED) is 0.920. The van der Waals surface area contributed by atoms with Crippen molar-refractivity contribution in [2.75, 3.05) is 0 Å². The van der Waals surface area contributed by atoms with Gasteiger partial charge in [0.15, 0.2) is 5.65 Å². The summed E-state index contributed by atoms with van der Waals surface area (Å²) in [5.41, 5.74) is 3.29. The van der Waals surface area contributed by atoms with Crippen LogP contribution in [0.1, 0.15) is 43.4 Å². The van der Waals surface area contributed by atoms with Gasteiger partial charge >= 0.3 is 0 Å². The van der Waals surface area contributed by atoms with E-state index in [9.17, 15) is 0 Å². The minimum absolute atomic E-state index is 0.694. The van der Waals surface area contributed by atoms with Crippen LogP contribution < -0.4 is 5.32 Å². The SMILES string of the molecule is Cc1nn(C)c2ncc(CNC3CCCCC3)cc12. The maximum Gasteiger partial charge on any atom is 0.157 e. The largest absolute Gasteiger partial charge is 0.310 e. The second-order valence-corrected chi connectivity index (χ2v) is 5.64. The first-order valence-electron chi connectivity index (χ1n) is 7.25. The number of rotatable bonds is 3. The van der Waals surface area contributed by atoms with Gasteiger partial charge in [-0.2, -0.15) is 5.10 Å². The van der Waals surface area contributed by atoms with Gasteiger partial charge in [-0.3, -0.25) is 4.68 Å².